The number of benzene rings is 1. The smallest absolute Gasteiger partial charge is 0.351 e. The van der Waals surface area contributed by atoms with Crippen LogP contribution in [0.25, 0.3) is 0 Å². The maximum atomic E-state index is 12.8. The highest BCUT2D eigenvalue weighted by Crippen LogP contribution is 2.34. The van der Waals surface area contributed by atoms with Gasteiger partial charge in [0.25, 0.3) is 5.91 Å². The zero-order chi connectivity index (χ0) is 19.1. The van der Waals surface area contributed by atoms with E-state index in [1.165, 1.54) is 12.1 Å². The average Bonchev–Trinajstić information content (AvgIpc) is 3.37. The lowest BCUT2D eigenvalue weighted by Crippen LogP contribution is -2.49. The van der Waals surface area contributed by atoms with Crippen molar-refractivity contribution in [3.05, 3.63) is 46.7 Å². The highest BCUT2D eigenvalue weighted by atomic mass is 32.1. The number of alkyl halides is 3. The highest BCUT2D eigenvalue weighted by molar-refractivity contribution is 7.80. The number of carbonyl (C=O) groups excluding carboxylic acids is 1. The molecule has 0 spiro atoms. The second kappa shape index (κ2) is 6.90. The average molecular weight is 383 g/mol. The molecule has 0 unspecified atom stereocenters. The van der Waals surface area contributed by atoms with Gasteiger partial charge in [0.05, 0.1) is 17.2 Å². The number of rotatable bonds is 4. The number of nitrogens with zero attached hydrogens (tertiary/aromatic N) is 1. The Morgan fingerprint density at radius 2 is 1.92 bits per heavy atom. The van der Waals surface area contributed by atoms with Gasteiger partial charge in [-0.3, -0.25) is 4.79 Å². The first kappa shape index (κ1) is 18.7. The number of carbonyl (C=O) groups is 1. The SMILES string of the molecule is CCN1C(=S)N[C@@H](c2ccc(C(F)(F)F)cc2)C(C(=O)NC2CC2)=C1C. The molecule has 0 saturated heterocycles. The van der Waals surface area contributed by atoms with Gasteiger partial charge >= 0.3 is 6.18 Å². The molecule has 1 fully saturated rings. The molecule has 0 bridgehead atoms. The number of hydrogen-bond acceptors (Lipinski definition) is 2. The lowest BCUT2D eigenvalue weighted by atomic mass is 9.93. The van der Waals surface area contributed by atoms with Crippen molar-refractivity contribution < 1.29 is 18.0 Å². The van der Waals surface area contributed by atoms with E-state index in [9.17, 15) is 18.0 Å². The Balaban J connectivity index is 1.98. The molecule has 3 rings (SSSR count). The van der Waals surface area contributed by atoms with Crippen LogP contribution in [0.2, 0.25) is 0 Å². The van der Waals surface area contributed by atoms with E-state index in [4.69, 9.17) is 12.2 Å². The van der Waals surface area contributed by atoms with Gasteiger partial charge in [-0.25, -0.2) is 0 Å². The summed E-state index contributed by atoms with van der Waals surface area (Å²) >= 11 is 5.37. The van der Waals surface area contributed by atoms with Crippen LogP contribution in [-0.2, 0) is 11.0 Å². The van der Waals surface area contributed by atoms with Crippen molar-refractivity contribution >= 4 is 23.2 Å². The van der Waals surface area contributed by atoms with E-state index in [2.05, 4.69) is 10.6 Å². The van der Waals surface area contributed by atoms with Gasteiger partial charge in [0.2, 0.25) is 0 Å². The summed E-state index contributed by atoms with van der Waals surface area (Å²) in [4.78, 5) is 14.6. The molecule has 0 radical (unpaired) electrons. The molecule has 1 heterocycles. The first-order valence-electron chi connectivity index (χ1n) is 8.49. The van der Waals surface area contributed by atoms with Gasteiger partial charge in [-0.05, 0) is 56.6 Å². The first-order chi connectivity index (χ1) is 12.2. The van der Waals surface area contributed by atoms with Crippen LogP contribution in [0.4, 0.5) is 13.2 Å². The van der Waals surface area contributed by atoms with Gasteiger partial charge in [0.1, 0.15) is 0 Å². The van der Waals surface area contributed by atoms with E-state index in [0.717, 1.165) is 30.7 Å². The third-order valence-electron chi connectivity index (χ3n) is 4.64. The van der Waals surface area contributed by atoms with Gasteiger partial charge in [-0.15, -0.1) is 0 Å². The molecule has 8 heteroatoms. The largest absolute Gasteiger partial charge is 0.416 e. The normalized spacial score (nSPS) is 20.9. The quantitative estimate of drug-likeness (QED) is 0.781. The number of amides is 1. The Hall–Kier alpha value is -2.09. The predicted octanol–water partition coefficient (Wildman–Crippen LogP) is 3.51. The minimum absolute atomic E-state index is 0.181. The fourth-order valence-electron chi connectivity index (χ4n) is 3.06. The number of allylic oxidation sites excluding steroid dienone is 1. The third-order valence-corrected chi connectivity index (χ3v) is 4.98. The van der Waals surface area contributed by atoms with Crippen molar-refractivity contribution in [1.82, 2.24) is 15.5 Å². The van der Waals surface area contributed by atoms with Crippen molar-refractivity contribution in [2.24, 2.45) is 0 Å². The van der Waals surface area contributed by atoms with Crippen LogP contribution in [0.1, 0.15) is 43.9 Å². The summed E-state index contributed by atoms with van der Waals surface area (Å²) in [6, 6.07) is 4.44. The Morgan fingerprint density at radius 3 is 2.42 bits per heavy atom. The Labute approximate surface area is 155 Å². The van der Waals surface area contributed by atoms with Crippen LogP contribution in [0.5, 0.6) is 0 Å². The van der Waals surface area contributed by atoms with E-state index >= 15 is 0 Å². The molecule has 26 heavy (non-hydrogen) atoms. The Kier molecular flexibility index (Phi) is 4.96. The lowest BCUT2D eigenvalue weighted by Gasteiger charge is -2.37. The van der Waals surface area contributed by atoms with Gasteiger partial charge in [-0.2, -0.15) is 13.2 Å². The zero-order valence-corrected chi connectivity index (χ0v) is 15.3. The topological polar surface area (TPSA) is 44.4 Å². The maximum absolute atomic E-state index is 12.8. The predicted molar refractivity (Wildman–Crippen MR) is 96.2 cm³/mol. The van der Waals surface area contributed by atoms with Crippen molar-refractivity contribution in [3.63, 3.8) is 0 Å². The monoisotopic (exact) mass is 383 g/mol. The molecule has 1 aromatic rings. The lowest BCUT2D eigenvalue weighted by molar-refractivity contribution is -0.137. The minimum Gasteiger partial charge on any atom is -0.351 e. The van der Waals surface area contributed by atoms with Crippen LogP contribution in [0.3, 0.4) is 0 Å². The van der Waals surface area contributed by atoms with Crippen LogP contribution in [0.15, 0.2) is 35.5 Å². The van der Waals surface area contributed by atoms with Crippen LogP contribution in [-0.4, -0.2) is 28.5 Å². The second-order valence-electron chi connectivity index (χ2n) is 6.49. The van der Waals surface area contributed by atoms with E-state index in [1.54, 1.807) is 0 Å². The van der Waals surface area contributed by atoms with E-state index < -0.39 is 17.8 Å². The molecule has 1 saturated carbocycles. The fourth-order valence-corrected chi connectivity index (χ4v) is 3.45. The van der Waals surface area contributed by atoms with Gasteiger partial charge in [0, 0.05) is 18.3 Å². The van der Waals surface area contributed by atoms with Crippen molar-refractivity contribution in [1.29, 1.82) is 0 Å². The van der Waals surface area contributed by atoms with Crippen LogP contribution in [0, 0.1) is 0 Å². The first-order valence-corrected chi connectivity index (χ1v) is 8.90. The van der Waals surface area contributed by atoms with E-state index in [-0.39, 0.29) is 11.9 Å². The number of thiocarbonyl (C=S) groups is 1. The molecule has 1 aliphatic heterocycles. The van der Waals surface area contributed by atoms with Gasteiger partial charge < -0.3 is 15.5 Å². The van der Waals surface area contributed by atoms with Crippen LogP contribution < -0.4 is 10.6 Å². The van der Waals surface area contributed by atoms with E-state index in [1.807, 2.05) is 18.7 Å². The summed E-state index contributed by atoms with van der Waals surface area (Å²) in [7, 11) is 0. The summed E-state index contributed by atoms with van der Waals surface area (Å²) in [5.74, 6) is -0.205. The summed E-state index contributed by atoms with van der Waals surface area (Å²) in [6.45, 7) is 4.33. The molecular formula is C18H20F3N3OS. The summed E-state index contributed by atoms with van der Waals surface area (Å²) in [5, 5.41) is 6.52. The third kappa shape index (κ3) is 3.70. The fraction of sp³-hybridized carbons (Fsp3) is 0.444. The van der Waals surface area contributed by atoms with Crippen LogP contribution >= 0.6 is 12.2 Å². The van der Waals surface area contributed by atoms with Crippen molar-refractivity contribution in [3.8, 4) is 0 Å². The van der Waals surface area contributed by atoms with Crippen molar-refractivity contribution in [2.75, 3.05) is 6.54 Å². The summed E-state index contributed by atoms with van der Waals surface area (Å²) < 4.78 is 38.5. The molecule has 1 aromatic carbocycles. The number of nitrogens with one attached hydrogen (secondary N) is 2. The molecule has 140 valence electrons. The molecule has 1 atom stereocenters. The van der Waals surface area contributed by atoms with Gasteiger partial charge in [-0.1, -0.05) is 12.1 Å². The number of halogens is 3. The van der Waals surface area contributed by atoms with Gasteiger partial charge in [0.15, 0.2) is 5.11 Å². The molecule has 1 aliphatic carbocycles. The Bertz CT molecular complexity index is 754. The molecule has 0 aromatic heterocycles. The molecule has 2 aliphatic rings. The second-order valence-corrected chi connectivity index (χ2v) is 6.88. The standard InChI is InChI=1S/C18H20F3N3OS/c1-3-24-10(2)14(16(25)22-13-8-9-13)15(23-17(24)26)11-4-6-12(7-5-11)18(19,20)21/h4-7,13,15H,3,8-9H2,1-2H3,(H,22,25)(H,23,26)/t15-/m0/s1. The Morgan fingerprint density at radius 1 is 1.31 bits per heavy atom. The zero-order valence-electron chi connectivity index (χ0n) is 14.5. The van der Waals surface area contributed by atoms with Crippen molar-refractivity contribution in [2.45, 2.75) is 44.9 Å². The number of hydrogen-bond donors (Lipinski definition) is 2. The summed E-state index contributed by atoms with van der Waals surface area (Å²) in [5.41, 5.74) is 1.06. The molecular weight excluding hydrogens is 363 g/mol. The molecule has 4 nitrogen and oxygen atoms in total. The maximum Gasteiger partial charge on any atom is 0.416 e. The molecule has 1 amide bonds. The molecule has 2 N–H and O–H groups in total. The highest BCUT2D eigenvalue weighted by Gasteiger charge is 2.36. The summed E-state index contributed by atoms with van der Waals surface area (Å²) in [6.07, 6.45) is -2.50. The van der Waals surface area contributed by atoms with E-state index in [0.29, 0.717) is 22.8 Å². The minimum atomic E-state index is -4.40.